The second kappa shape index (κ2) is 15.5. The Kier molecular flexibility index (Phi) is 11.9. The van der Waals surface area contributed by atoms with E-state index in [0.29, 0.717) is 25.8 Å². The molecule has 220 valence electrons. The highest BCUT2D eigenvalue weighted by Crippen LogP contribution is 2.19. The quantitative estimate of drug-likeness (QED) is 0.125. The number of rotatable bonds is 16. The number of nitrogens with one attached hydrogen (secondary N) is 5. The summed E-state index contributed by atoms with van der Waals surface area (Å²) in [6.07, 6.45) is 3.82. The van der Waals surface area contributed by atoms with Gasteiger partial charge in [-0.15, -0.1) is 0 Å². The molecule has 4 unspecified atom stereocenters. The fourth-order valence-corrected chi connectivity index (χ4v) is 4.54. The fraction of sp³-hybridized carbons (Fsp3) is 0.400. The Balaban J connectivity index is 1.86. The van der Waals surface area contributed by atoms with Crippen molar-refractivity contribution >= 4 is 34.5 Å². The van der Waals surface area contributed by atoms with Crippen molar-refractivity contribution in [1.82, 2.24) is 26.3 Å². The number of unbranched alkanes of at least 4 members (excludes halogenated alkanes) is 1. The molecule has 2 aromatic carbocycles. The summed E-state index contributed by atoms with van der Waals surface area (Å²) in [6, 6.07) is 13.5. The van der Waals surface area contributed by atoms with Crippen LogP contribution in [0.25, 0.3) is 10.9 Å². The van der Waals surface area contributed by atoms with Crippen LogP contribution in [0.2, 0.25) is 0 Å². The van der Waals surface area contributed by atoms with Crippen molar-refractivity contribution in [3.05, 3.63) is 71.9 Å². The zero-order chi connectivity index (χ0) is 29.8. The number of amides is 4. The average molecular weight is 564 g/mol. The van der Waals surface area contributed by atoms with E-state index in [9.17, 15) is 19.2 Å². The predicted octanol–water partition coefficient (Wildman–Crippen LogP) is 0.630. The molecule has 0 aliphatic rings. The van der Waals surface area contributed by atoms with Crippen LogP contribution in [0.5, 0.6) is 0 Å². The first-order chi connectivity index (χ1) is 19.7. The molecule has 1 aromatic heterocycles. The van der Waals surface area contributed by atoms with Crippen molar-refractivity contribution in [1.29, 1.82) is 0 Å². The van der Waals surface area contributed by atoms with Crippen molar-refractivity contribution in [2.75, 3.05) is 13.6 Å². The first-order valence-corrected chi connectivity index (χ1v) is 13.9. The summed E-state index contributed by atoms with van der Waals surface area (Å²) in [7, 11) is 1.65. The number of aromatic nitrogens is 1. The van der Waals surface area contributed by atoms with Gasteiger partial charge in [0.2, 0.25) is 23.6 Å². The standard InChI is InChI=1S/C30H41N7O4/c1-19(33-2)28(39)36-26(17-21-18-34-23-13-7-6-12-22(21)23)30(41)37-25(16-20-10-4-3-5-11-20)29(40)35-24(27(32)38)14-8-9-15-31/h3-7,10-13,18-19,24-26,33-34H,8-9,14-17,31H2,1-2H3,(H2,32,38)(H,35,40)(H,36,39)(H,37,41). The van der Waals surface area contributed by atoms with E-state index in [0.717, 1.165) is 22.0 Å². The highest BCUT2D eigenvalue weighted by atomic mass is 16.2. The molecule has 3 aromatic rings. The Bertz CT molecular complexity index is 1310. The fourth-order valence-electron chi connectivity index (χ4n) is 4.54. The van der Waals surface area contributed by atoms with Gasteiger partial charge >= 0.3 is 0 Å². The molecule has 0 aliphatic carbocycles. The van der Waals surface area contributed by atoms with Crippen molar-refractivity contribution in [2.24, 2.45) is 11.5 Å². The summed E-state index contributed by atoms with van der Waals surface area (Å²) in [6.45, 7) is 2.15. The number of carbonyl (C=O) groups excluding carboxylic acids is 4. The van der Waals surface area contributed by atoms with E-state index in [1.54, 1.807) is 14.0 Å². The van der Waals surface area contributed by atoms with Crippen LogP contribution in [0, 0.1) is 0 Å². The number of nitrogens with two attached hydrogens (primary N) is 2. The maximum atomic E-state index is 13.7. The second-order valence-corrected chi connectivity index (χ2v) is 10.1. The first kappa shape index (κ1) is 31.3. The van der Waals surface area contributed by atoms with Gasteiger partial charge in [0.15, 0.2) is 0 Å². The Hall–Kier alpha value is -4.22. The van der Waals surface area contributed by atoms with Crippen LogP contribution in [0.15, 0.2) is 60.8 Å². The SMILES string of the molecule is CNC(C)C(=O)NC(Cc1c[nH]c2ccccc12)C(=O)NC(Cc1ccccc1)C(=O)NC(CCCCN)C(N)=O. The van der Waals surface area contributed by atoms with Crippen LogP contribution in [0.3, 0.4) is 0 Å². The van der Waals surface area contributed by atoms with E-state index in [2.05, 4.69) is 26.3 Å². The van der Waals surface area contributed by atoms with Crippen LogP contribution in [-0.4, -0.2) is 66.4 Å². The highest BCUT2D eigenvalue weighted by molar-refractivity contribution is 5.95. The molecule has 0 fully saturated rings. The van der Waals surface area contributed by atoms with Gasteiger partial charge in [-0.25, -0.2) is 0 Å². The third-order valence-corrected chi connectivity index (χ3v) is 7.08. The highest BCUT2D eigenvalue weighted by Gasteiger charge is 2.30. The Morgan fingerprint density at radius 1 is 0.805 bits per heavy atom. The molecular formula is C30H41N7O4. The zero-order valence-electron chi connectivity index (χ0n) is 23.6. The summed E-state index contributed by atoms with van der Waals surface area (Å²) in [5, 5.41) is 12.2. The largest absolute Gasteiger partial charge is 0.368 e. The first-order valence-electron chi connectivity index (χ1n) is 13.9. The van der Waals surface area contributed by atoms with Gasteiger partial charge in [0.05, 0.1) is 6.04 Å². The third-order valence-electron chi connectivity index (χ3n) is 7.08. The molecule has 1 heterocycles. The molecule has 41 heavy (non-hydrogen) atoms. The van der Waals surface area contributed by atoms with Gasteiger partial charge in [-0.3, -0.25) is 19.2 Å². The third kappa shape index (κ3) is 9.16. The summed E-state index contributed by atoms with van der Waals surface area (Å²) >= 11 is 0. The molecule has 3 rings (SSSR count). The lowest BCUT2D eigenvalue weighted by atomic mass is 10.0. The number of hydrogen-bond donors (Lipinski definition) is 7. The Morgan fingerprint density at radius 3 is 2.07 bits per heavy atom. The summed E-state index contributed by atoms with van der Waals surface area (Å²) in [4.78, 5) is 55.3. The van der Waals surface area contributed by atoms with E-state index < -0.39 is 41.9 Å². The summed E-state index contributed by atoms with van der Waals surface area (Å²) in [5.74, 6) is -2.09. The monoisotopic (exact) mass is 563 g/mol. The number of carbonyl (C=O) groups is 4. The molecule has 9 N–H and O–H groups in total. The Morgan fingerprint density at radius 2 is 1.41 bits per heavy atom. The lowest BCUT2D eigenvalue weighted by Crippen LogP contribution is -2.58. The molecule has 0 radical (unpaired) electrons. The van der Waals surface area contributed by atoms with Gasteiger partial charge in [-0.1, -0.05) is 48.5 Å². The number of hydrogen-bond acceptors (Lipinski definition) is 6. The van der Waals surface area contributed by atoms with Crippen molar-refractivity contribution in [3.63, 3.8) is 0 Å². The van der Waals surface area contributed by atoms with E-state index >= 15 is 0 Å². The van der Waals surface area contributed by atoms with Crippen LogP contribution in [0.1, 0.15) is 37.3 Å². The predicted molar refractivity (Wildman–Crippen MR) is 159 cm³/mol. The van der Waals surface area contributed by atoms with Gasteiger partial charge in [0.25, 0.3) is 0 Å². The molecule has 4 atom stereocenters. The molecule has 0 bridgehead atoms. The number of fused-ring (bicyclic) bond motifs is 1. The number of primary amides is 1. The molecule has 0 saturated heterocycles. The minimum Gasteiger partial charge on any atom is -0.368 e. The number of H-pyrrole nitrogens is 1. The van der Waals surface area contributed by atoms with Crippen molar-refractivity contribution in [2.45, 2.75) is 63.2 Å². The van der Waals surface area contributed by atoms with Crippen LogP contribution in [0.4, 0.5) is 0 Å². The van der Waals surface area contributed by atoms with Crippen LogP contribution < -0.4 is 32.7 Å². The van der Waals surface area contributed by atoms with E-state index in [1.807, 2.05) is 60.8 Å². The maximum absolute atomic E-state index is 13.7. The lowest BCUT2D eigenvalue weighted by molar-refractivity contribution is -0.133. The molecule has 4 amide bonds. The van der Waals surface area contributed by atoms with Gasteiger partial charge in [0.1, 0.15) is 18.1 Å². The van der Waals surface area contributed by atoms with Gasteiger partial charge < -0.3 is 37.7 Å². The van der Waals surface area contributed by atoms with Crippen LogP contribution >= 0.6 is 0 Å². The van der Waals surface area contributed by atoms with E-state index in [4.69, 9.17) is 11.5 Å². The molecule has 0 aliphatic heterocycles. The number of benzene rings is 2. The number of para-hydroxylation sites is 1. The lowest BCUT2D eigenvalue weighted by Gasteiger charge is -2.25. The zero-order valence-corrected chi connectivity index (χ0v) is 23.6. The molecular weight excluding hydrogens is 522 g/mol. The molecule has 11 nitrogen and oxygen atoms in total. The van der Waals surface area contributed by atoms with Gasteiger partial charge in [0, 0.05) is 29.9 Å². The topological polar surface area (TPSA) is 184 Å². The van der Waals surface area contributed by atoms with E-state index in [1.165, 1.54) is 0 Å². The van der Waals surface area contributed by atoms with Crippen LogP contribution in [-0.2, 0) is 32.0 Å². The second-order valence-electron chi connectivity index (χ2n) is 10.1. The minimum atomic E-state index is -1.02. The number of likely N-dealkylation sites (N-methyl/N-ethyl adjacent to an activating group) is 1. The van der Waals surface area contributed by atoms with Gasteiger partial charge in [-0.2, -0.15) is 0 Å². The molecule has 0 saturated carbocycles. The van der Waals surface area contributed by atoms with Crippen molar-refractivity contribution < 1.29 is 19.2 Å². The van der Waals surface area contributed by atoms with E-state index in [-0.39, 0.29) is 18.7 Å². The van der Waals surface area contributed by atoms with Crippen molar-refractivity contribution in [3.8, 4) is 0 Å². The molecule has 11 heteroatoms. The van der Waals surface area contributed by atoms with Gasteiger partial charge in [-0.05, 0) is 57.0 Å². The average Bonchev–Trinajstić information content (AvgIpc) is 3.38. The summed E-state index contributed by atoms with van der Waals surface area (Å²) < 4.78 is 0. The Labute approximate surface area is 240 Å². The molecule has 0 spiro atoms. The normalized spacial score (nSPS) is 14.0. The smallest absolute Gasteiger partial charge is 0.243 e. The minimum absolute atomic E-state index is 0.174. The number of aromatic amines is 1. The summed E-state index contributed by atoms with van der Waals surface area (Å²) in [5.41, 5.74) is 13.7. The maximum Gasteiger partial charge on any atom is 0.243 e.